The number of aromatic nitrogens is 1. The van der Waals surface area contributed by atoms with Crippen LogP contribution in [0.25, 0.3) is 0 Å². The van der Waals surface area contributed by atoms with Gasteiger partial charge in [-0.2, -0.15) is 0 Å². The monoisotopic (exact) mass is 320 g/mol. The highest BCUT2D eigenvalue weighted by Gasteiger charge is 2.07. The minimum atomic E-state index is 0.0143. The first-order chi connectivity index (χ1) is 10.6. The molecular weight excluding hydrogens is 300 g/mol. The maximum Gasteiger partial charge on any atom is 0.220 e. The van der Waals surface area contributed by atoms with Crippen molar-refractivity contribution in [3.63, 3.8) is 0 Å². The van der Waals surface area contributed by atoms with Crippen LogP contribution in [-0.4, -0.2) is 25.1 Å². The number of amides is 1. The van der Waals surface area contributed by atoms with E-state index in [9.17, 15) is 4.79 Å². The van der Waals surface area contributed by atoms with Gasteiger partial charge in [-0.15, -0.1) is 11.3 Å². The number of ether oxygens (including phenoxy) is 2. The number of carbonyl (C=O) groups excluding carboxylic acids is 1. The Morgan fingerprint density at radius 1 is 1.27 bits per heavy atom. The van der Waals surface area contributed by atoms with E-state index in [1.165, 1.54) is 0 Å². The molecule has 2 rings (SSSR count). The van der Waals surface area contributed by atoms with Crippen molar-refractivity contribution in [3.8, 4) is 11.5 Å². The van der Waals surface area contributed by atoms with Crippen molar-refractivity contribution in [2.45, 2.75) is 26.3 Å². The minimum Gasteiger partial charge on any atom is -0.493 e. The highest BCUT2D eigenvalue weighted by Crippen LogP contribution is 2.27. The number of rotatable bonds is 7. The van der Waals surface area contributed by atoms with Gasteiger partial charge in [-0.25, -0.2) is 4.98 Å². The molecule has 1 aromatic carbocycles. The van der Waals surface area contributed by atoms with Gasteiger partial charge in [0.05, 0.1) is 31.5 Å². The molecule has 0 saturated carbocycles. The van der Waals surface area contributed by atoms with Crippen LogP contribution in [0.5, 0.6) is 11.5 Å². The number of carbonyl (C=O) groups is 1. The molecule has 0 fully saturated rings. The Morgan fingerprint density at radius 2 is 2.05 bits per heavy atom. The molecule has 118 valence electrons. The Balaban J connectivity index is 1.83. The SMILES string of the molecule is COc1ccc(CCC(=O)NCc2csc(C)n2)cc1OC. The fourth-order valence-electron chi connectivity index (χ4n) is 2.06. The van der Waals surface area contributed by atoms with E-state index in [-0.39, 0.29) is 5.91 Å². The van der Waals surface area contributed by atoms with E-state index in [4.69, 9.17) is 9.47 Å². The molecule has 1 heterocycles. The van der Waals surface area contributed by atoms with Crippen molar-refractivity contribution in [3.05, 3.63) is 39.8 Å². The average molecular weight is 320 g/mol. The second kappa shape index (κ2) is 7.79. The normalized spacial score (nSPS) is 10.3. The summed E-state index contributed by atoms with van der Waals surface area (Å²) in [5.41, 5.74) is 1.94. The summed E-state index contributed by atoms with van der Waals surface area (Å²) in [6, 6.07) is 5.69. The van der Waals surface area contributed by atoms with Gasteiger partial charge in [-0.3, -0.25) is 4.79 Å². The maximum atomic E-state index is 11.9. The van der Waals surface area contributed by atoms with Crippen molar-refractivity contribution in [1.82, 2.24) is 10.3 Å². The van der Waals surface area contributed by atoms with Crippen LogP contribution in [0.2, 0.25) is 0 Å². The van der Waals surface area contributed by atoms with Crippen LogP contribution in [0.1, 0.15) is 22.7 Å². The van der Waals surface area contributed by atoms with Crippen LogP contribution in [0.3, 0.4) is 0 Å². The molecule has 0 radical (unpaired) electrons. The molecule has 6 heteroatoms. The largest absolute Gasteiger partial charge is 0.493 e. The Kier molecular flexibility index (Phi) is 5.77. The first-order valence-electron chi connectivity index (χ1n) is 7.01. The standard InChI is InChI=1S/C16H20N2O3S/c1-11-18-13(10-22-11)9-17-16(19)7-5-12-4-6-14(20-2)15(8-12)21-3/h4,6,8,10H,5,7,9H2,1-3H3,(H,17,19). The lowest BCUT2D eigenvalue weighted by Gasteiger charge is -2.09. The number of nitrogens with one attached hydrogen (secondary N) is 1. The van der Waals surface area contributed by atoms with Gasteiger partial charge in [0.25, 0.3) is 0 Å². The predicted octanol–water partition coefficient (Wildman–Crippen LogP) is 2.72. The van der Waals surface area contributed by atoms with Crippen LogP contribution in [0.4, 0.5) is 0 Å². The predicted molar refractivity (Wildman–Crippen MR) is 86.6 cm³/mol. The highest BCUT2D eigenvalue weighted by atomic mass is 32.1. The summed E-state index contributed by atoms with van der Waals surface area (Å²) in [6.45, 7) is 2.43. The van der Waals surface area contributed by atoms with Gasteiger partial charge in [0.2, 0.25) is 5.91 Å². The third-order valence-corrected chi connectivity index (χ3v) is 4.04. The molecule has 0 spiro atoms. The summed E-state index contributed by atoms with van der Waals surface area (Å²) in [5.74, 6) is 1.38. The fraction of sp³-hybridized carbons (Fsp3) is 0.375. The highest BCUT2D eigenvalue weighted by molar-refractivity contribution is 7.09. The molecule has 0 bridgehead atoms. The number of nitrogens with zero attached hydrogens (tertiary/aromatic N) is 1. The molecule has 1 N–H and O–H groups in total. The third-order valence-electron chi connectivity index (χ3n) is 3.22. The zero-order chi connectivity index (χ0) is 15.9. The van der Waals surface area contributed by atoms with Gasteiger partial charge < -0.3 is 14.8 Å². The van der Waals surface area contributed by atoms with E-state index in [1.807, 2.05) is 30.5 Å². The van der Waals surface area contributed by atoms with E-state index >= 15 is 0 Å². The Labute approximate surface area is 134 Å². The topological polar surface area (TPSA) is 60.5 Å². The van der Waals surface area contributed by atoms with Gasteiger partial charge in [0.1, 0.15) is 0 Å². The lowest BCUT2D eigenvalue weighted by atomic mass is 10.1. The van der Waals surface area contributed by atoms with E-state index in [0.29, 0.717) is 30.9 Å². The first kappa shape index (κ1) is 16.3. The molecule has 1 aromatic heterocycles. The molecule has 1 amide bonds. The van der Waals surface area contributed by atoms with Crippen LogP contribution in [0, 0.1) is 6.92 Å². The summed E-state index contributed by atoms with van der Waals surface area (Å²) in [5, 5.41) is 5.85. The van der Waals surface area contributed by atoms with Crippen molar-refractivity contribution in [2.24, 2.45) is 0 Å². The van der Waals surface area contributed by atoms with E-state index in [2.05, 4.69) is 10.3 Å². The summed E-state index contributed by atoms with van der Waals surface area (Å²) >= 11 is 1.59. The first-order valence-corrected chi connectivity index (χ1v) is 7.89. The average Bonchev–Trinajstić information content (AvgIpc) is 2.96. The number of thiazole rings is 1. The lowest BCUT2D eigenvalue weighted by molar-refractivity contribution is -0.121. The van der Waals surface area contributed by atoms with Crippen molar-refractivity contribution < 1.29 is 14.3 Å². The van der Waals surface area contributed by atoms with Gasteiger partial charge in [0, 0.05) is 11.8 Å². The number of hydrogen-bond donors (Lipinski definition) is 1. The molecule has 22 heavy (non-hydrogen) atoms. The molecule has 2 aromatic rings. The molecule has 0 saturated heterocycles. The lowest BCUT2D eigenvalue weighted by Crippen LogP contribution is -2.23. The summed E-state index contributed by atoms with van der Waals surface area (Å²) < 4.78 is 10.5. The van der Waals surface area contributed by atoms with Crippen LogP contribution in [0.15, 0.2) is 23.6 Å². The molecule has 0 atom stereocenters. The van der Waals surface area contributed by atoms with Crippen LogP contribution in [-0.2, 0) is 17.8 Å². The summed E-state index contributed by atoms with van der Waals surface area (Å²) in [7, 11) is 3.20. The number of aryl methyl sites for hydroxylation is 2. The summed E-state index contributed by atoms with van der Waals surface area (Å²) in [6.07, 6.45) is 1.08. The maximum absolute atomic E-state index is 11.9. The van der Waals surface area contributed by atoms with Gasteiger partial charge >= 0.3 is 0 Å². The summed E-state index contributed by atoms with van der Waals surface area (Å²) in [4.78, 5) is 16.2. The Morgan fingerprint density at radius 3 is 2.68 bits per heavy atom. The van der Waals surface area contributed by atoms with Crippen LogP contribution < -0.4 is 14.8 Å². The number of methoxy groups -OCH3 is 2. The molecule has 0 unspecified atom stereocenters. The van der Waals surface area contributed by atoms with Crippen molar-refractivity contribution >= 4 is 17.2 Å². The molecular formula is C16H20N2O3S. The van der Waals surface area contributed by atoms with E-state index in [0.717, 1.165) is 16.3 Å². The van der Waals surface area contributed by atoms with Gasteiger partial charge in [-0.05, 0) is 31.0 Å². The van der Waals surface area contributed by atoms with Gasteiger partial charge in [-0.1, -0.05) is 6.07 Å². The zero-order valence-corrected chi connectivity index (χ0v) is 13.8. The third kappa shape index (κ3) is 4.46. The van der Waals surface area contributed by atoms with Crippen molar-refractivity contribution in [1.29, 1.82) is 0 Å². The molecule has 5 nitrogen and oxygen atoms in total. The van der Waals surface area contributed by atoms with Crippen molar-refractivity contribution in [2.75, 3.05) is 14.2 Å². The van der Waals surface area contributed by atoms with Crippen LogP contribution >= 0.6 is 11.3 Å². The smallest absolute Gasteiger partial charge is 0.220 e. The van der Waals surface area contributed by atoms with E-state index < -0.39 is 0 Å². The molecule has 0 aliphatic carbocycles. The van der Waals surface area contributed by atoms with Gasteiger partial charge in [0.15, 0.2) is 11.5 Å². The number of benzene rings is 1. The zero-order valence-electron chi connectivity index (χ0n) is 13.0. The Bertz CT molecular complexity index is 640. The quantitative estimate of drug-likeness (QED) is 0.852. The number of hydrogen-bond acceptors (Lipinski definition) is 5. The van der Waals surface area contributed by atoms with E-state index in [1.54, 1.807) is 25.6 Å². The second-order valence-electron chi connectivity index (χ2n) is 4.82. The minimum absolute atomic E-state index is 0.0143. The Hall–Kier alpha value is -2.08. The second-order valence-corrected chi connectivity index (χ2v) is 5.89. The molecule has 0 aliphatic rings. The fourth-order valence-corrected chi connectivity index (χ4v) is 2.67. The molecule has 0 aliphatic heterocycles.